The normalized spacial score (nSPS) is 21.4. The third-order valence-electron chi connectivity index (χ3n) is 3.59. The fourth-order valence-electron chi connectivity index (χ4n) is 2.00. The van der Waals surface area contributed by atoms with Crippen molar-refractivity contribution in [3.63, 3.8) is 0 Å². The molecule has 6 heteroatoms. The van der Waals surface area contributed by atoms with E-state index in [2.05, 4.69) is 4.72 Å². The molecule has 2 rings (SSSR count). The zero-order chi connectivity index (χ0) is 14.4. The largest absolute Gasteiger partial charge is 0.392 e. The van der Waals surface area contributed by atoms with Gasteiger partial charge in [-0.15, -0.1) is 0 Å². The first kappa shape index (κ1) is 14.4. The van der Waals surface area contributed by atoms with E-state index in [0.29, 0.717) is 0 Å². The van der Waals surface area contributed by atoms with Crippen LogP contribution in [0.2, 0.25) is 0 Å². The van der Waals surface area contributed by atoms with Crippen LogP contribution in [0.4, 0.5) is 4.39 Å². The zero-order valence-corrected chi connectivity index (χ0v) is 12.0. The maximum atomic E-state index is 13.6. The lowest BCUT2D eigenvalue weighted by Gasteiger charge is -2.11. The average Bonchev–Trinajstić information content (AvgIpc) is 2.88. The van der Waals surface area contributed by atoms with Gasteiger partial charge >= 0.3 is 0 Å². The Morgan fingerprint density at radius 2 is 2.05 bits per heavy atom. The van der Waals surface area contributed by atoms with E-state index < -0.39 is 22.4 Å². The smallest absolute Gasteiger partial charge is 0.240 e. The number of hydrogen-bond acceptors (Lipinski definition) is 3. The summed E-state index contributed by atoms with van der Waals surface area (Å²) in [7, 11) is -3.67. The van der Waals surface area contributed by atoms with E-state index in [-0.39, 0.29) is 27.5 Å². The number of halogens is 1. The van der Waals surface area contributed by atoms with Crippen LogP contribution in [0.25, 0.3) is 0 Å². The number of aliphatic hydroxyl groups is 1. The number of benzene rings is 1. The number of aliphatic hydroxyl groups excluding tert-OH is 1. The Labute approximate surface area is 112 Å². The van der Waals surface area contributed by atoms with Crippen LogP contribution in [0.5, 0.6) is 0 Å². The molecule has 0 aliphatic heterocycles. The van der Waals surface area contributed by atoms with Crippen LogP contribution in [0.15, 0.2) is 17.0 Å². The molecule has 1 aromatic carbocycles. The molecule has 1 aromatic rings. The summed E-state index contributed by atoms with van der Waals surface area (Å²) in [5, 5.41) is 9.06. The van der Waals surface area contributed by atoms with Crippen molar-refractivity contribution in [3.05, 3.63) is 29.1 Å². The van der Waals surface area contributed by atoms with Crippen LogP contribution in [0.1, 0.15) is 31.4 Å². The lowest BCUT2D eigenvalue weighted by molar-refractivity contribution is 0.275. The van der Waals surface area contributed by atoms with Crippen LogP contribution in [0.3, 0.4) is 0 Å². The van der Waals surface area contributed by atoms with E-state index in [1.54, 1.807) is 0 Å². The lowest BCUT2D eigenvalue weighted by Crippen LogP contribution is -2.28. The van der Waals surface area contributed by atoms with Crippen molar-refractivity contribution >= 4 is 10.0 Å². The molecule has 1 saturated carbocycles. The molecule has 19 heavy (non-hydrogen) atoms. The fraction of sp³-hybridized carbons (Fsp3) is 0.538. The van der Waals surface area contributed by atoms with Gasteiger partial charge in [-0.2, -0.15) is 0 Å². The standard InChI is InChI=1S/C13H18FNO3S/c1-8-4-10(5-9(7-16)12(8)14)19(17,18)15-11-6-13(11,2)3/h4-5,11,15-16H,6-7H2,1-3H3. The molecule has 0 saturated heterocycles. The van der Waals surface area contributed by atoms with Gasteiger partial charge in [0, 0.05) is 11.6 Å². The van der Waals surface area contributed by atoms with Gasteiger partial charge in [0.25, 0.3) is 0 Å². The summed E-state index contributed by atoms with van der Waals surface area (Å²) in [5.41, 5.74) is 0.180. The van der Waals surface area contributed by atoms with Gasteiger partial charge in [-0.1, -0.05) is 13.8 Å². The molecule has 0 amide bonds. The van der Waals surface area contributed by atoms with E-state index in [0.717, 1.165) is 6.42 Å². The average molecular weight is 287 g/mol. The van der Waals surface area contributed by atoms with E-state index in [1.165, 1.54) is 19.1 Å². The van der Waals surface area contributed by atoms with E-state index in [9.17, 15) is 12.8 Å². The Morgan fingerprint density at radius 1 is 1.47 bits per heavy atom. The molecule has 1 aliphatic carbocycles. The summed E-state index contributed by atoms with van der Waals surface area (Å²) in [6.07, 6.45) is 0.791. The summed E-state index contributed by atoms with van der Waals surface area (Å²) in [5.74, 6) is -0.562. The SMILES string of the molecule is Cc1cc(S(=O)(=O)NC2CC2(C)C)cc(CO)c1F. The molecule has 1 atom stereocenters. The molecule has 1 aliphatic rings. The molecule has 1 unspecified atom stereocenters. The molecule has 106 valence electrons. The summed E-state index contributed by atoms with van der Waals surface area (Å²) in [6, 6.07) is 2.38. The molecular weight excluding hydrogens is 269 g/mol. The number of nitrogens with one attached hydrogen (secondary N) is 1. The van der Waals surface area contributed by atoms with E-state index in [1.807, 2.05) is 13.8 Å². The first-order valence-corrected chi connectivity index (χ1v) is 7.58. The first-order chi connectivity index (χ1) is 8.67. The van der Waals surface area contributed by atoms with Gasteiger partial charge in [0.05, 0.1) is 11.5 Å². The number of aryl methyl sites for hydroxylation is 1. The van der Waals surface area contributed by atoms with E-state index in [4.69, 9.17) is 5.11 Å². The fourth-order valence-corrected chi connectivity index (χ4v) is 3.54. The summed E-state index contributed by atoms with van der Waals surface area (Å²) >= 11 is 0. The minimum atomic E-state index is -3.67. The minimum absolute atomic E-state index is 0.00171. The zero-order valence-electron chi connectivity index (χ0n) is 11.2. The van der Waals surface area contributed by atoms with Crippen LogP contribution in [-0.2, 0) is 16.6 Å². The van der Waals surface area contributed by atoms with E-state index >= 15 is 0 Å². The predicted molar refractivity (Wildman–Crippen MR) is 69.6 cm³/mol. The monoisotopic (exact) mass is 287 g/mol. The quantitative estimate of drug-likeness (QED) is 0.886. The summed E-state index contributed by atoms with van der Waals surface area (Å²) in [6.45, 7) is 4.92. The summed E-state index contributed by atoms with van der Waals surface area (Å²) in [4.78, 5) is -0.00171. The second-order valence-corrected chi connectivity index (χ2v) is 7.45. The highest BCUT2D eigenvalue weighted by atomic mass is 32.2. The van der Waals surface area contributed by atoms with Crippen LogP contribution >= 0.6 is 0 Å². The Bertz CT molecular complexity index is 611. The molecule has 0 radical (unpaired) electrons. The Balaban J connectivity index is 2.33. The van der Waals surface area contributed by atoms with Gasteiger partial charge in [0.2, 0.25) is 10.0 Å². The number of sulfonamides is 1. The highest BCUT2D eigenvalue weighted by Crippen LogP contribution is 2.45. The molecule has 2 N–H and O–H groups in total. The highest BCUT2D eigenvalue weighted by molar-refractivity contribution is 7.89. The van der Waals surface area contributed by atoms with Crippen molar-refractivity contribution in [1.29, 1.82) is 0 Å². The minimum Gasteiger partial charge on any atom is -0.392 e. The second-order valence-electron chi connectivity index (χ2n) is 5.74. The first-order valence-electron chi connectivity index (χ1n) is 6.09. The van der Waals surface area contributed by atoms with Crippen molar-refractivity contribution in [3.8, 4) is 0 Å². The van der Waals surface area contributed by atoms with Crippen molar-refractivity contribution in [2.24, 2.45) is 5.41 Å². The van der Waals surface area contributed by atoms with Crippen molar-refractivity contribution in [2.45, 2.75) is 44.7 Å². The Morgan fingerprint density at radius 3 is 2.53 bits per heavy atom. The Kier molecular flexibility index (Phi) is 3.45. The van der Waals surface area contributed by atoms with Gasteiger partial charge in [-0.3, -0.25) is 0 Å². The van der Waals surface area contributed by atoms with Crippen LogP contribution in [0, 0.1) is 18.2 Å². The maximum Gasteiger partial charge on any atom is 0.240 e. The number of rotatable bonds is 4. The van der Waals surface area contributed by atoms with Gasteiger partial charge in [0.15, 0.2) is 0 Å². The second kappa shape index (κ2) is 4.54. The van der Waals surface area contributed by atoms with Gasteiger partial charge in [-0.05, 0) is 36.5 Å². The van der Waals surface area contributed by atoms with Gasteiger partial charge < -0.3 is 5.11 Å². The maximum absolute atomic E-state index is 13.6. The molecule has 1 fully saturated rings. The van der Waals surface area contributed by atoms with Crippen molar-refractivity contribution in [2.75, 3.05) is 0 Å². The van der Waals surface area contributed by atoms with Crippen LogP contribution < -0.4 is 4.72 Å². The summed E-state index contributed by atoms with van der Waals surface area (Å²) < 4.78 is 40.6. The number of hydrogen-bond donors (Lipinski definition) is 2. The van der Waals surface area contributed by atoms with Gasteiger partial charge in [0.1, 0.15) is 5.82 Å². The van der Waals surface area contributed by atoms with Crippen LogP contribution in [-0.4, -0.2) is 19.6 Å². The third kappa shape index (κ3) is 2.80. The molecule has 0 spiro atoms. The highest BCUT2D eigenvalue weighted by Gasteiger charge is 2.47. The molecular formula is C13H18FNO3S. The lowest BCUT2D eigenvalue weighted by atomic mass is 10.1. The molecule has 0 heterocycles. The molecule has 0 aromatic heterocycles. The Hall–Kier alpha value is -0.980. The third-order valence-corrected chi connectivity index (χ3v) is 5.05. The molecule has 4 nitrogen and oxygen atoms in total. The van der Waals surface area contributed by atoms with Crippen molar-refractivity contribution < 1.29 is 17.9 Å². The van der Waals surface area contributed by atoms with Gasteiger partial charge in [-0.25, -0.2) is 17.5 Å². The topological polar surface area (TPSA) is 66.4 Å². The molecule has 0 bridgehead atoms. The predicted octanol–water partition coefficient (Wildman–Crippen LogP) is 1.70. The van der Waals surface area contributed by atoms with Crippen molar-refractivity contribution in [1.82, 2.24) is 4.72 Å².